The number of carbonyl (C=O) groups excluding carboxylic acids is 2. The Morgan fingerprint density at radius 3 is 2.36 bits per heavy atom. The number of carbonyl (C=O) groups is 2. The molecule has 0 saturated heterocycles. The normalized spacial score (nSPS) is 21.7. The second-order valence-electron chi connectivity index (χ2n) is 8.64. The second kappa shape index (κ2) is 6.69. The maximum atomic E-state index is 14.5. The Morgan fingerprint density at radius 2 is 1.68 bits per heavy atom. The van der Waals surface area contributed by atoms with Crippen molar-refractivity contribution in [2.75, 3.05) is 4.90 Å². The highest BCUT2D eigenvalue weighted by atomic mass is 19.1. The van der Waals surface area contributed by atoms with E-state index in [0.717, 1.165) is 16.9 Å². The Balaban J connectivity index is 1.91. The summed E-state index contributed by atoms with van der Waals surface area (Å²) in [6.07, 6.45) is 1.12. The molecular weight excluding hydrogens is 353 g/mol. The standard InChI is InChI=1S/C24H24FNO2/c1-15-8-10-16(11-9-15)26-20-13-24(2,3)14-21(27)23(20)18(12-22(26)28)17-6-4-5-7-19(17)25/h4-11,18H,12-14H2,1-3H3. The fourth-order valence-corrected chi connectivity index (χ4v) is 4.43. The zero-order chi connectivity index (χ0) is 20.1. The summed E-state index contributed by atoms with van der Waals surface area (Å²) in [5, 5.41) is 0. The first-order chi connectivity index (χ1) is 13.3. The van der Waals surface area contributed by atoms with Crippen molar-refractivity contribution in [3.8, 4) is 0 Å². The van der Waals surface area contributed by atoms with Gasteiger partial charge < -0.3 is 0 Å². The van der Waals surface area contributed by atoms with Gasteiger partial charge in [0.2, 0.25) is 5.91 Å². The lowest BCUT2D eigenvalue weighted by molar-refractivity contribution is -0.121. The van der Waals surface area contributed by atoms with Crippen LogP contribution in [-0.4, -0.2) is 11.7 Å². The Morgan fingerprint density at radius 1 is 1.00 bits per heavy atom. The lowest BCUT2D eigenvalue weighted by Crippen LogP contribution is -2.43. The van der Waals surface area contributed by atoms with Crippen LogP contribution in [0, 0.1) is 18.2 Å². The number of aryl methyl sites for hydroxylation is 1. The topological polar surface area (TPSA) is 37.4 Å². The number of rotatable bonds is 2. The summed E-state index contributed by atoms with van der Waals surface area (Å²) >= 11 is 0. The summed E-state index contributed by atoms with van der Waals surface area (Å²) in [7, 11) is 0. The summed E-state index contributed by atoms with van der Waals surface area (Å²) in [5.74, 6) is -0.965. The number of hydrogen-bond donors (Lipinski definition) is 0. The van der Waals surface area contributed by atoms with Crippen molar-refractivity contribution in [1.29, 1.82) is 0 Å². The molecule has 0 N–H and O–H groups in total. The molecule has 1 atom stereocenters. The molecule has 28 heavy (non-hydrogen) atoms. The SMILES string of the molecule is Cc1ccc(N2C(=O)CC(c3ccccc3F)C3=C2CC(C)(C)CC3=O)cc1. The van der Waals surface area contributed by atoms with Crippen molar-refractivity contribution in [2.24, 2.45) is 5.41 Å². The highest BCUT2D eigenvalue weighted by Crippen LogP contribution is 2.48. The van der Waals surface area contributed by atoms with E-state index in [2.05, 4.69) is 0 Å². The number of allylic oxidation sites excluding steroid dienone is 2. The predicted molar refractivity (Wildman–Crippen MR) is 107 cm³/mol. The highest BCUT2D eigenvalue weighted by molar-refractivity contribution is 6.07. The molecule has 0 saturated carbocycles. The van der Waals surface area contributed by atoms with Crippen LogP contribution in [0.5, 0.6) is 0 Å². The molecule has 2 aliphatic rings. The number of benzene rings is 2. The van der Waals surface area contributed by atoms with Gasteiger partial charge in [-0.05, 0) is 42.5 Å². The average Bonchev–Trinajstić information content (AvgIpc) is 2.61. The van der Waals surface area contributed by atoms with Crippen molar-refractivity contribution < 1.29 is 14.0 Å². The van der Waals surface area contributed by atoms with Crippen LogP contribution in [0.15, 0.2) is 59.8 Å². The smallest absolute Gasteiger partial charge is 0.232 e. The number of Topliss-reactive ketones (excluding diaryl/α,β-unsaturated/α-hetero) is 1. The van der Waals surface area contributed by atoms with E-state index in [-0.39, 0.29) is 29.3 Å². The van der Waals surface area contributed by atoms with Gasteiger partial charge in [-0.25, -0.2) is 4.39 Å². The second-order valence-corrected chi connectivity index (χ2v) is 8.64. The third-order valence-corrected chi connectivity index (χ3v) is 5.72. The van der Waals surface area contributed by atoms with E-state index in [1.54, 1.807) is 23.1 Å². The van der Waals surface area contributed by atoms with Crippen LogP contribution in [-0.2, 0) is 9.59 Å². The van der Waals surface area contributed by atoms with Crippen molar-refractivity contribution in [1.82, 2.24) is 0 Å². The Hall–Kier alpha value is -2.75. The molecule has 4 heteroatoms. The summed E-state index contributed by atoms with van der Waals surface area (Å²) in [5.41, 5.74) is 3.39. The van der Waals surface area contributed by atoms with E-state index in [1.807, 2.05) is 45.0 Å². The van der Waals surface area contributed by atoms with E-state index in [4.69, 9.17) is 0 Å². The number of ketones is 1. The summed E-state index contributed by atoms with van der Waals surface area (Å²) in [6.45, 7) is 6.08. The summed E-state index contributed by atoms with van der Waals surface area (Å²) in [6, 6.07) is 14.2. The number of halogens is 1. The minimum Gasteiger partial charge on any atom is -0.294 e. The molecule has 2 aromatic rings. The van der Waals surface area contributed by atoms with Crippen LogP contribution < -0.4 is 4.90 Å². The lowest BCUT2D eigenvalue weighted by Gasteiger charge is -2.43. The number of nitrogens with zero attached hydrogens (tertiary/aromatic N) is 1. The van der Waals surface area contributed by atoms with Crippen LogP contribution >= 0.6 is 0 Å². The fourth-order valence-electron chi connectivity index (χ4n) is 4.43. The molecular formula is C24H24FNO2. The first-order valence-electron chi connectivity index (χ1n) is 9.67. The van der Waals surface area contributed by atoms with Gasteiger partial charge in [0.05, 0.1) is 0 Å². The first kappa shape index (κ1) is 18.6. The van der Waals surface area contributed by atoms with Gasteiger partial charge in [-0.15, -0.1) is 0 Å². The summed E-state index contributed by atoms with van der Waals surface area (Å²) in [4.78, 5) is 28.0. The molecule has 2 aromatic carbocycles. The predicted octanol–water partition coefficient (Wildman–Crippen LogP) is 5.30. The largest absolute Gasteiger partial charge is 0.294 e. The molecule has 4 rings (SSSR count). The molecule has 1 aliphatic heterocycles. The van der Waals surface area contributed by atoms with Gasteiger partial charge >= 0.3 is 0 Å². The third kappa shape index (κ3) is 3.17. The number of hydrogen-bond acceptors (Lipinski definition) is 2. The van der Waals surface area contributed by atoms with Crippen molar-refractivity contribution in [2.45, 2.75) is 46.0 Å². The third-order valence-electron chi connectivity index (χ3n) is 5.72. The zero-order valence-corrected chi connectivity index (χ0v) is 16.5. The van der Waals surface area contributed by atoms with E-state index in [0.29, 0.717) is 24.0 Å². The maximum Gasteiger partial charge on any atom is 0.232 e. The van der Waals surface area contributed by atoms with Gasteiger partial charge in [0.25, 0.3) is 0 Å². The van der Waals surface area contributed by atoms with E-state index in [9.17, 15) is 14.0 Å². The molecule has 0 fully saturated rings. The molecule has 144 valence electrons. The van der Waals surface area contributed by atoms with Gasteiger partial charge in [-0.3, -0.25) is 14.5 Å². The van der Waals surface area contributed by atoms with Crippen LogP contribution in [0.3, 0.4) is 0 Å². The van der Waals surface area contributed by atoms with Crippen molar-refractivity contribution in [3.05, 3.63) is 76.7 Å². The molecule has 1 unspecified atom stereocenters. The summed E-state index contributed by atoms with van der Waals surface area (Å²) < 4.78 is 14.5. The molecule has 0 aromatic heterocycles. The molecule has 0 bridgehead atoms. The maximum absolute atomic E-state index is 14.5. The van der Waals surface area contributed by atoms with Crippen LogP contribution in [0.4, 0.5) is 10.1 Å². The molecule has 0 spiro atoms. The van der Waals surface area contributed by atoms with Gasteiger partial charge in [-0.2, -0.15) is 0 Å². The minimum atomic E-state index is -0.519. The lowest BCUT2D eigenvalue weighted by atomic mass is 9.69. The molecule has 3 nitrogen and oxygen atoms in total. The van der Waals surface area contributed by atoms with Crippen LogP contribution in [0.25, 0.3) is 0 Å². The van der Waals surface area contributed by atoms with E-state index < -0.39 is 5.92 Å². The molecule has 1 amide bonds. The number of anilines is 1. The van der Waals surface area contributed by atoms with Crippen molar-refractivity contribution in [3.63, 3.8) is 0 Å². The quantitative estimate of drug-likeness (QED) is 0.712. The first-order valence-corrected chi connectivity index (χ1v) is 9.67. The van der Waals surface area contributed by atoms with Gasteiger partial charge in [-0.1, -0.05) is 49.7 Å². The van der Waals surface area contributed by atoms with Gasteiger partial charge in [0.1, 0.15) is 5.82 Å². The molecule has 1 aliphatic carbocycles. The van der Waals surface area contributed by atoms with Crippen LogP contribution in [0.2, 0.25) is 0 Å². The Bertz CT molecular complexity index is 988. The monoisotopic (exact) mass is 377 g/mol. The van der Waals surface area contributed by atoms with E-state index in [1.165, 1.54) is 6.07 Å². The van der Waals surface area contributed by atoms with E-state index >= 15 is 0 Å². The Kier molecular flexibility index (Phi) is 4.45. The average molecular weight is 377 g/mol. The Labute approximate surface area is 164 Å². The number of amides is 1. The van der Waals surface area contributed by atoms with Gasteiger partial charge in [0.15, 0.2) is 5.78 Å². The van der Waals surface area contributed by atoms with Crippen LogP contribution in [0.1, 0.15) is 50.2 Å². The molecule has 0 radical (unpaired) electrons. The zero-order valence-electron chi connectivity index (χ0n) is 16.5. The molecule has 1 heterocycles. The van der Waals surface area contributed by atoms with Crippen molar-refractivity contribution >= 4 is 17.4 Å². The minimum absolute atomic E-state index is 0.0177. The van der Waals surface area contributed by atoms with Gasteiger partial charge in [0, 0.05) is 35.7 Å². The highest BCUT2D eigenvalue weighted by Gasteiger charge is 2.44. The fraction of sp³-hybridized carbons (Fsp3) is 0.333.